The molecule has 0 aliphatic heterocycles. The second-order valence-electron chi connectivity index (χ2n) is 6.22. The largest absolute Gasteiger partial charge is 0.461 e. The Labute approximate surface area is 147 Å². The van der Waals surface area contributed by atoms with E-state index in [1.165, 1.54) is 27.8 Å². The molecule has 1 aliphatic rings. The zero-order valence-corrected chi connectivity index (χ0v) is 14.4. The molecule has 0 bridgehead atoms. The van der Waals surface area contributed by atoms with Crippen LogP contribution in [0.3, 0.4) is 0 Å². The van der Waals surface area contributed by atoms with Crippen LogP contribution in [0.5, 0.6) is 0 Å². The van der Waals surface area contributed by atoms with Gasteiger partial charge in [0.2, 0.25) is 5.82 Å². The van der Waals surface area contributed by atoms with Crippen LogP contribution in [-0.2, 0) is 19.4 Å². The van der Waals surface area contributed by atoms with Gasteiger partial charge in [0, 0.05) is 11.4 Å². The summed E-state index contributed by atoms with van der Waals surface area (Å²) in [5, 5.41) is 5.49. The lowest BCUT2D eigenvalue weighted by Gasteiger charge is -2.10. The van der Waals surface area contributed by atoms with Crippen LogP contribution in [-0.4, -0.2) is 19.2 Å². The number of thiophene rings is 1. The molecule has 4 aromatic heterocycles. The first kappa shape index (κ1) is 14.7. The fourth-order valence-corrected chi connectivity index (χ4v) is 4.97. The first-order valence-corrected chi connectivity index (χ1v) is 9.18. The smallest absolute Gasteiger partial charge is 0.352 e. The lowest BCUT2D eigenvalue weighted by atomic mass is 9.97. The molecule has 0 amide bonds. The van der Waals surface area contributed by atoms with Gasteiger partial charge in [-0.2, -0.15) is 4.52 Å². The van der Waals surface area contributed by atoms with E-state index in [-0.39, 0.29) is 5.69 Å². The summed E-state index contributed by atoms with van der Waals surface area (Å²) in [4.78, 5) is 20.0. The van der Waals surface area contributed by atoms with Gasteiger partial charge in [-0.3, -0.25) is 4.57 Å². The van der Waals surface area contributed by atoms with Gasteiger partial charge < -0.3 is 4.42 Å². The summed E-state index contributed by atoms with van der Waals surface area (Å²) >= 11 is 1.71. The first-order chi connectivity index (χ1) is 12.3. The Bertz CT molecular complexity index is 1160. The predicted octanol–water partition coefficient (Wildman–Crippen LogP) is 3.43. The molecule has 0 radical (unpaired) electrons. The highest BCUT2D eigenvalue weighted by molar-refractivity contribution is 7.19. The van der Waals surface area contributed by atoms with Gasteiger partial charge in [-0.1, -0.05) is 6.08 Å². The molecule has 1 aliphatic carbocycles. The third-order valence-corrected chi connectivity index (χ3v) is 6.01. The predicted molar refractivity (Wildman–Crippen MR) is 97.2 cm³/mol. The zero-order valence-electron chi connectivity index (χ0n) is 13.6. The average Bonchev–Trinajstić information content (AvgIpc) is 3.34. The highest BCUT2D eigenvalue weighted by Crippen LogP contribution is 2.37. The number of furan rings is 1. The van der Waals surface area contributed by atoms with Gasteiger partial charge in [0.05, 0.1) is 11.6 Å². The Hall–Kier alpha value is -2.67. The molecule has 4 aromatic rings. The Morgan fingerprint density at radius 2 is 2.24 bits per heavy atom. The van der Waals surface area contributed by atoms with Crippen molar-refractivity contribution >= 4 is 27.2 Å². The maximum absolute atomic E-state index is 13.0. The minimum absolute atomic E-state index is 0.189. The summed E-state index contributed by atoms with van der Waals surface area (Å²) in [5.74, 6) is 1.01. The van der Waals surface area contributed by atoms with E-state index in [2.05, 4.69) is 16.7 Å². The third kappa shape index (κ3) is 2.05. The van der Waals surface area contributed by atoms with Crippen molar-refractivity contribution in [3.05, 3.63) is 52.0 Å². The van der Waals surface area contributed by atoms with Crippen LogP contribution < -0.4 is 5.69 Å². The van der Waals surface area contributed by atoms with Crippen molar-refractivity contribution in [1.29, 1.82) is 0 Å². The molecule has 25 heavy (non-hydrogen) atoms. The molecule has 0 N–H and O–H groups in total. The lowest BCUT2D eigenvalue weighted by Crippen LogP contribution is -2.27. The Morgan fingerprint density at radius 1 is 1.36 bits per heavy atom. The molecular formula is C18H16N4O2S. The summed E-state index contributed by atoms with van der Waals surface area (Å²) in [6.07, 6.45) is 7.80. The van der Waals surface area contributed by atoms with Crippen LogP contribution >= 0.6 is 11.3 Å². The zero-order chi connectivity index (χ0) is 17.0. The number of fused-ring (bicyclic) bond motifs is 5. The molecule has 6 nitrogen and oxygen atoms in total. The maximum Gasteiger partial charge on any atom is 0.352 e. The summed E-state index contributed by atoms with van der Waals surface area (Å²) in [7, 11) is 0. The molecular weight excluding hydrogens is 336 g/mol. The van der Waals surface area contributed by atoms with Gasteiger partial charge in [0.15, 0.2) is 11.4 Å². The van der Waals surface area contributed by atoms with Gasteiger partial charge in [-0.05, 0) is 43.4 Å². The summed E-state index contributed by atoms with van der Waals surface area (Å²) in [6.45, 7) is 4.26. The Kier molecular flexibility index (Phi) is 3.18. The van der Waals surface area contributed by atoms with Gasteiger partial charge in [0.1, 0.15) is 4.83 Å². The van der Waals surface area contributed by atoms with Crippen molar-refractivity contribution in [3.63, 3.8) is 0 Å². The lowest BCUT2D eigenvalue weighted by molar-refractivity contribution is 0.576. The first-order valence-electron chi connectivity index (χ1n) is 8.36. The summed E-state index contributed by atoms with van der Waals surface area (Å²) < 4.78 is 8.57. The number of hydrogen-bond acceptors (Lipinski definition) is 5. The van der Waals surface area contributed by atoms with Crippen LogP contribution in [0.2, 0.25) is 0 Å². The number of aromatic nitrogens is 4. The van der Waals surface area contributed by atoms with E-state index in [9.17, 15) is 4.79 Å². The van der Waals surface area contributed by atoms with E-state index in [1.807, 2.05) is 0 Å². The van der Waals surface area contributed by atoms with Gasteiger partial charge >= 0.3 is 5.69 Å². The second-order valence-corrected chi connectivity index (χ2v) is 7.30. The topological polar surface area (TPSA) is 65.3 Å². The van der Waals surface area contributed by atoms with E-state index < -0.39 is 0 Å². The molecule has 0 saturated carbocycles. The maximum atomic E-state index is 13.0. The second kappa shape index (κ2) is 5.42. The fraction of sp³-hybridized carbons (Fsp3) is 0.278. The molecule has 7 heteroatoms. The molecule has 0 atom stereocenters. The fourth-order valence-electron chi connectivity index (χ4n) is 3.58. The van der Waals surface area contributed by atoms with E-state index in [0.29, 0.717) is 23.8 Å². The molecule has 0 saturated heterocycles. The van der Waals surface area contributed by atoms with Crippen molar-refractivity contribution in [2.45, 2.75) is 32.2 Å². The number of hydrogen-bond donors (Lipinski definition) is 0. The molecule has 0 unspecified atom stereocenters. The van der Waals surface area contributed by atoms with E-state index >= 15 is 0 Å². The minimum atomic E-state index is -0.189. The van der Waals surface area contributed by atoms with E-state index in [1.54, 1.807) is 40.4 Å². The number of aryl methyl sites for hydroxylation is 2. The average molecular weight is 352 g/mol. The molecule has 5 rings (SSSR count). The van der Waals surface area contributed by atoms with Crippen LogP contribution in [0, 0.1) is 0 Å². The molecule has 0 fully saturated rings. The molecule has 4 heterocycles. The SMILES string of the molecule is C=CCn1c(=O)n2nc(-c3ccco3)nc2c2c3c(sc21)CCCC3. The number of nitrogens with zero attached hydrogens (tertiary/aromatic N) is 4. The van der Waals surface area contributed by atoms with Crippen LogP contribution in [0.4, 0.5) is 0 Å². The van der Waals surface area contributed by atoms with Crippen molar-refractivity contribution in [1.82, 2.24) is 19.2 Å². The number of rotatable bonds is 3. The van der Waals surface area contributed by atoms with E-state index in [0.717, 1.165) is 23.1 Å². The highest BCUT2D eigenvalue weighted by atomic mass is 32.1. The third-order valence-electron chi connectivity index (χ3n) is 4.69. The summed E-state index contributed by atoms with van der Waals surface area (Å²) in [6, 6.07) is 3.59. The molecule has 0 spiro atoms. The minimum Gasteiger partial charge on any atom is -0.461 e. The van der Waals surface area contributed by atoms with Crippen molar-refractivity contribution in [2.75, 3.05) is 0 Å². The van der Waals surface area contributed by atoms with E-state index in [4.69, 9.17) is 4.42 Å². The quantitative estimate of drug-likeness (QED) is 0.530. The van der Waals surface area contributed by atoms with Gasteiger partial charge in [0.25, 0.3) is 0 Å². The monoisotopic (exact) mass is 352 g/mol. The van der Waals surface area contributed by atoms with Gasteiger partial charge in [-0.25, -0.2) is 9.78 Å². The highest BCUT2D eigenvalue weighted by Gasteiger charge is 2.24. The van der Waals surface area contributed by atoms with Crippen molar-refractivity contribution in [2.24, 2.45) is 0 Å². The molecule has 126 valence electrons. The van der Waals surface area contributed by atoms with Gasteiger partial charge in [-0.15, -0.1) is 23.0 Å². The molecule has 0 aromatic carbocycles. The normalized spacial score (nSPS) is 14.2. The van der Waals surface area contributed by atoms with Crippen LogP contribution in [0.15, 0.2) is 40.3 Å². The number of allylic oxidation sites excluding steroid dienone is 1. The van der Waals surface area contributed by atoms with Crippen molar-refractivity contribution < 1.29 is 4.42 Å². The van der Waals surface area contributed by atoms with Crippen LogP contribution in [0.25, 0.3) is 27.4 Å². The van der Waals surface area contributed by atoms with Crippen LogP contribution in [0.1, 0.15) is 23.3 Å². The van der Waals surface area contributed by atoms with Crippen molar-refractivity contribution in [3.8, 4) is 11.6 Å². The summed E-state index contributed by atoms with van der Waals surface area (Å²) in [5.41, 5.74) is 1.77. The standard InChI is InChI=1S/C18H16N4O2S/c1-2-9-21-17-14(11-6-3-4-8-13(11)25-17)16-19-15(12-7-5-10-24-12)20-22(16)18(21)23/h2,5,7,10H,1,3-4,6,8-9H2. The Balaban J connectivity index is 1.93. The Morgan fingerprint density at radius 3 is 3.04 bits per heavy atom.